The standard InChI is InChI=1S/C24H29ClFN5O2S/c1-16-6-8-29(9-7-16)22(32)15-34-24-27-20(25)13-21(28-24)30-10-11-31(17(2)14-30)23(33)18-4-3-5-19(26)12-18/h3-5,12-13,16-17H,6-11,14-15H2,1-2H3. The third kappa shape index (κ3) is 5.99. The fourth-order valence-corrected chi connectivity index (χ4v) is 5.33. The van der Waals surface area contributed by atoms with E-state index in [4.69, 9.17) is 11.6 Å². The Morgan fingerprint density at radius 3 is 2.59 bits per heavy atom. The molecule has 0 spiro atoms. The molecule has 0 N–H and O–H groups in total. The summed E-state index contributed by atoms with van der Waals surface area (Å²) in [7, 11) is 0. The van der Waals surface area contributed by atoms with Crippen molar-refractivity contribution in [3.63, 3.8) is 0 Å². The average molecular weight is 506 g/mol. The van der Waals surface area contributed by atoms with Crippen molar-refractivity contribution in [1.82, 2.24) is 19.8 Å². The molecule has 1 unspecified atom stereocenters. The Labute approximate surface area is 208 Å². The number of carbonyl (C=O) groups excluding carboxylic acids is 2. The van der Waals surface area contributed by atoms with Crippen LogP contribution in [0.15, 0.2) is 35.5 Å². The number of aromatic nitrogens is 2. The van der Waals surface area contributed by atoms with Gasteiger partial charge in [0.1, 0.15) is 16.8 Å². The van der Waals surface area contributed by atoms with Gasteiger partial charge in [-0.1, -0.05) is 36.4 Å². The Bertz CT molecular complexity index is 1050. The number of piperazine rings is 1. The fraction of sp³-hybridized carbons (Fsp3) is 0.500. The van der Waals surface area contributed by atoms with Crippen molar-refractivity contribution in [1.29, 1.82) is 0 Å². The molecular formula is C24H29ClFN5O2S. The molecule has 2 aromatic rings. The molecule has 3 heterocycles. The molecule has 2 amide bonds. The van der Waals surface area contributed by atoms with E-state index in [1.807, 2.05) is 11.8 Å². The zero-order valence-electron chi connectivity index (χ0n) is 19.4. The van der Waals surface area contributed by atoms with Gasteiger partial charge >= 0.3 is 0 Å². The van der Waals surface area contributed by atoms with Crippen LogP contribution >= 0.6 is 23.4 Å². The topological polar surface area (TPSA) is 69.6 Å². The quantitative estimate of drug-likeness (QED) is 0.348. The Morgan fingerprint density at radius 1 is 1.12 bits per heavy atom. The second kappa shape index (κ2) is 10.9. The maximum absolute atomic E-state index is 13.6. The molecule has 1 aromatic heterocycles. The molecule has 2 aliphatic rings. The van der Waals surface area contributed by atoms with Gasteiger partial charge in [-0.05, 0) is 43.9 Å². The van der Waals surface area contributed by atoms with Crippen molar-refractivity contribution in [2.24, 2.45) is 5.92 Å². The lowest BCUT2D eigenvalue weighted by atomic mass is 9.99. The van der Waals surface area contributed by atoms with E-state index in [-0.39, 0.29) is 23.6 Å². The van der Waals surface area contributed by atoms with Gasteiger partial charge < -0.3 is 14.7 Å². The van der Waals surface area contributed by atoms with Crippen LogP contribution in [0.5, 0.6) is 0 Å². The van der Waals surface area contributed by atoms with Crippen molar-refractivity contribution in [2.75, 3.05) is 43.4 Å². The Morgan fingerprint density at radius 2 is 1.88 bits per heavy atom. The van der Waals surface area contributed by atoms with E-state index in [0.717, 1.165) is 25.9 Å². The zero-order chi connectivity index (χ0) is 24.2. The predicted octanol–water partition coefficient (Wildman–Crippen LogP) is 3.97. The van der Waals surface area contributed by atoms with Gasteiger partial charge in [-0.2, -0.15) is 0 Å². The lowest BCUT2D eigenvalue weighted by Crippen LogP contribution is -2.54. The van der Waals surface area contributed by atoms with E-state index in [1.165, 1.54) is 23.9 Å². The number of anilines is 1. The lowest BCUT2D eigenvalue weighted by molar-refractivity contribution is -0.129. The molecule has 34 heavy (non-hydrogen) atoms. The summed E-state index contributed by atoms with van der Waals surface area (Å²) in [5.74, 6) is 1.11. The highest BCUT2D eigenvalue weighted by Gasteiger charge is 2.29. The number of likely N-dealkylation sites (tertiary alicyclic amines) is 1. The second-order valence-corrected chi connectivity index (χ2v) is 10.3. The molecule has 2 saturated heterocycles. The smallest absolute Gasteiger partial charge is 0.254 e. The van der Waals surface area contributed by atoms with Gasteiger partial charge in [-0.25, -0.2) is 14.4 Å². The maximum atomic E-state index is 13.6. The van der Waals surface area contributed by atoms with Crippen LogP contribution in [0.2, 0.25) is 5.15 Å². The summed E-state index contributed by atoms with van der Waals surface area (Å²) in [4.78, 5) is 40.1. The summed E-state index contributed by atoms with van der Waals surface area (Å²) < 4.78 is 13.6. The lowest BCUT2D eigenvalue weighted by Gasteiger charge is -2.40. The van der Waals surface area contributed by atoms with Crippen molar-refractivity contribution in [3.8, 4) is 0 Å². The van der Waals surface area contributed by atoms with Crippen LogP contribution in [0.4, 0.5) is 10.2 Å². The first-order valence-electron chi connectivity index (χ1n) is 11.6. The molecule has 1 atom stereocenters. The number of piperidine rings is 1. The minimum absolute atomic E-state index is 0.0973. The number of benzene rings is 1. The summed E-state index contributed by atoms with van der Waals surface area (Å²) >= 11 is 7.57. The molecule has 0 saturated carbocycles. The van der Waals surface area contributed by atoms with E-state index < -0.39 is 5.82 Å². The minimum Gasteiger partial charge on any atom is -0.353 e. The van der Waals surface area contributed by atoms with Gasteiger partial charge in [0.2, 0.25) is 5.91 Å². The largest absolute Gasteiger partial charge is 0.353 e. The number of halogens is 2. The highest BCUT2D eigenvalue weighted by atomic mass is 35.5. The van der Waals surface area contributed by atoms with Crippen LogP contribution in [0.25, 0.3) is 0 Å². The van der Waals surface area contributed by atoms with Crippen molar-refractivity contribution in [3.05, 3.63) is 46.9 Å². The van der Waals surface area contributed by atoms with Gasteiger partial charge in [-0.3, -0.25) is 9.59 Å². The molecular weight excluding hydrogens is 477 g/mol. The third-order valence-electron chi connectivity index (χ3n) is 6.41. The normalized spacial score (nSPS) is 19.4. The fourth-order valence-electron chi connectivity index (χ4n) is 4.34. The number of nitrogens with zero attached hydrogens (tertiary/aromatic N) is 5. The van der Waals surface area contributed by atoms with E-state index in [0.29, 0.717) is 47.2 Å². The molecule has 4 rings (SSSR count). The molecule has 7 nitrogen and oxygen atoms in total. The monoisotopic (exact) mass is 505 g/mol. The molecule has 2 fully saturated rings. The molecule has 1 aromatic carbocycles. The van der Waals surface area contributed by atoms with Gasteiger partial charge in [0.05, 0.1) is 5.75 Å². The molecule has 0 aliphatic carbocycles. The first-order chi connectivity index (χ1) is 16.3. The van der Waals surface area contributed by atoms with Crippen molar-refractivity contribution < 1.29 is 14.0 Å². The number of carbonyl (C=O) groups is 2. The van der Waals surface area contributed by atoms with Crippen LogP contribution in [-0.2, 0) is 4.79 Å². The molecule has 0 radical (unpaired) electrons. The van der Waals surface area contributed by atoms with Crippen molar-refractivity contribution in [2.45, 2.75) is 37.9 Å². The van der Waals surface area contributed by atoms with Crippen molar-refractivity contribution >= 4 is 41.0 Å². The van der Waals surface area contributed by atoms with Crippen LogP contribution < -0.4 is 4.90 Å². The SMILES string of the molecule is CC1CCN(C(=O)CSc2nc(Cl)cc(N3CCN(C(=O)c4cccc(F)c4)C(C)C3)n2)CC1. The Hall–Kier alpha value is -2.39. The van der Waals surface area contributed by atoms with Crippen LogP contribution in [0, 0.1) is 11.7 Å². The Kier molecular flexibility index (Phi) is 7.93. The third-order valence-corrected chi connectivity index (χ3v) is 7.43. The van der Waals surface area contributed by atoms with Gasteiger partial charge in [0, 0.05) is 50.4 Å². The first kappa shape index (κ1) is 24.7. The van der Waals surface area contributed by atoms with E-state index in [2.05, 4.69) is 21.8 Å². The highest BCUT2D eigenvalue weighted by Crippen LogP contribution is 2.25. The minimum atomic E-state index is -0.425. The summed E-state index contributed by atoms with van der Waals surface area (Å²) in [6, 6.07) is 7.37. The maximum Gasteiger partial charge on any atom is 0.254 e. The second-order valence-electron chi connectivity index (χ2n) is 8.99. The molecule has 182 valence electrons. The summed E-state index contributed by atoms with van der Waals surface area (Å²) in [6.45, 7) is 7.39. The van der Waals surface area contributed by atoms with Crippen LogP contribution in [0.3, 0.4) is 0 Å². The number of amides is 2. The van der Waals surface area contributed by atoms with Gasteiger partial charge in [-0.15, -0.1) is 0 Å². The Balaban J connectivity index is 1.37. The van der Waals surface area contributed by atoms with Crippen LogP contribution in [0.1, 0.15) is 37.0 Å². The van der Waals surface area contributed by atoms with E-state index >= 15 is 0 Å². The number of hydrogen-bond donors (Lipinski definition) is 0. The summed E-state index contributed by atoms with van der Waals surface area (Å²) in [5, 5.41) is 0.782. The van der Waals surface area contributed by atoms with E-state index in [1.54, 1.807) is 23.1 Å². The molecule has 10 heteroatoms. The summed E-state index contributed by atoms with van der Waals surface area (Å²) in [6.07, 6.45) is 2.08. The van der Waals surface area contributed by atoms with Crippen LogP contribution in [-0.4, -0.2) is 76.1 Å². The number of thioether (sulfide) groups is 1. The van der Waals surface area contributed by atoms with Gasteiger partial charge in [0.15, 0.2) is 5.16 Å². The predicted molar refractivity (Wildman–Crippen MR) is 132 cm³/mol. The molecule has 0 bridgehead atoms. The number of hydrogen-bond acceptors (Lipinski definition) is 6. The number of rotatable bonds is 5. The van der Waals surface area contributed by atoms with E-state index in [9.17, 15) is 14.0 Å². The highest BCUT2D eigenvalue weighted by molar-refractivity contribution is 7.99. The van der Waals surface area contributed by atoms with Gasteiger partial charge in [0.25, 0.3) is 5.91 Å². The molecule has 2 aliphatic heterocycles. The average Bonchev–Trinajstić information content (AvgIpc) is 2.82. The zero-order valence-corrected chi connectivity index (χ0v) is 21.0. The summed E-state index contributed by atoms with van der Waals surface area (Å²) in [5.41, 5.74) is 0.344. The first-order valence-corrected chi connectivity index (χ1v) is 12.9.